The van der Waals surface area contributed by atoms with Crippen LogP contribution in [0.25, 0.3) is 22.4 Å². The Morgan fingerprint density at radius 1 is 1.21 bits per heavy atom. The van der Waals surface area contributed by atoms with Crippen LogP contribution in [0.4, 0.5) is 19.0 Å². The van der Waals surface area contributed by atoms with Crippen LogP contribution in [-0.4, -0.2) is 51.0 Å². The molecular weight excluding hydrogens is 447 g/mol. The van der Waals surface area contributed by atoms with Crippen molar-refractivity contribution in [1.29, 1.82) is 0 Å². The van der Waals surface area contributed by atoms with Crippen LogP contribution < -0.4 is 15.8 Å². The van der Waals surface area contributed by atoms with Crippen molar-refractivity contribution < 1.29 is 18.3 Å². The molecule has 10 heteroatoms. The number of hydrogen-bond donors (Lipinski definition) is 2. The van der Waals surface area contributed by atoms with E-state index in [4.69, 9.17) is 0 Å². The van der Waals surface area contributed by atoms with E-state index in [-0.39, 0.29) is 40.2 Å². The number of hydrogen-bond acceptors (Lipinski definition) is 6. The van der Waals surface area contributed by atoms with Gasteiger partial charge >= 0.3 is 0 Å². The Kier molecular flexibility index (Phi) is 5.76. The van der Waals surface area contributed by atoms with Gasteiger partial charge in [-0.05, 0) is 43.0 Å². The molecule has 3 aromatic rings. The summed E-state index contributed by atoms with van der Waals surface area (Å²) in [4.78, 5) is 22.4. The normalized spacial score (nSPS) is 23.8. The van der Waals surface area contributed by atoms with Crippen molar-refractivity contribution in [3.05, 3.63) is 59.0 Å². The number of piperidine rings is 1. The molecule has 7 nitrogen and oxygen atoms in total. The summed E-state index contributed by atoms with van der Waals surface area (Å²) >= 11 is 0. The van der Waals surface area contributed by atoms with E-state index in [1.165, 1.54) is 30.7 Å². The number of nitrogens with zero attached hydrogens (tertiary/aromatic N) is 4. The van der Waals surface area contributed by atoms with E-state index in [2.05, 4.69) is 15.3 Å². The average molecular weight is 471 g/mol. The Bertz CT molecular complexity index is 1270. The summed E-state index contributed by atoms with van der Waals surface area (Å²) in [6.45, 7) is -0.986. The summed E-state index contributed by atoms with van der Waals surface area (Å²) in [7, 11) is 1.79. The molecule has 34 heavy (non-hydrogen) atoms. The molecule has 2 aliphatic rings. The second-order valence-electron chi connectivity index (χ2n) is 8.86. The number of anilines is 1. The zero-order valence-corrected chi connectivity index (χ0v) is 18.5. The summed E-state index contributed by atoms with van der Waals surface area (Å²) in [5.74, 6) is -0.443. The molecular formula is C24H24F3N5O2. The SMILES string of the molecule is CN(c1cnc(-c2cc(F)c(-c3ccn(CF)c(=O)c3)cc2O)cn1)[C@H]1CC2CCC(N2)[C@H]1F. The lowest BCUT2D eigenvalue weighted by atomic mass is 9.96. The van der Waals surface area contributed by atoms with E-state index in [0.717, 1.165) is 29.5 Å². The molecule has 0 amide bonds. The van der Waals surface area contributed by atoms with E-state index in [1.807, 2.05) is 0 Å². The maximum Gasteiger partial charge on any atom is 0.253 e. The topological polar surface area (TPSA) is 83.3 Å². The van der Waals surface area contributed by atoms with Crippen LogP contribution in [0, 0.1) is 5.82 Å². The zero-order valence-electron chi connectivity index (χ0n) is 18.5. The molecule has 0 aliphatic carbocycles. The van der Waals surface area contributed by atoms with Crippen LogP contribution in [-0.2, 0) is 6.80 Å². The molecule has 0 spiro atoms. The number of fused-ring (bicyclic) bond motifs is 2. The van der Waals surface area contributed by atoms with E-state index in [9.17, 15) is 23.1 Å². The minimum absolute atomic E-state index is 0.00296. The largest absolute Gasteiger partial charge is 0.507 e. The van der Waals surface area contributed by atoms with Crippen molar-refractivity contribution in [2.24, 2.45) is 0 Å². The maximum absolute atomic E-state index is 14.9. The van der Waals surface area contributed by atoms with Crippen LogP contribution >= 0.6 is 0 Å². The molecule has 5 rings (SSSR count). The molecule has 4 atom stereocenters. The summed E-state index contributed by atoms with van der Waals surface area (Å²) in [6.07, 6.45) is 5.58. The smallest absolute Gasteiger partial charge is 0.253 e. The molecule has 2 unspecified atom stereocenters. The molecule has 0 saturated carbocycles. The van der Waals surface area contributed by atoms with Gasteiger partial charge in [-0.1, -0.05) is 0 Å². The monoisotopic (exact) mass is 471 g/mol. The van der Waals surface area contributed by atoms with Gasteiger partial charge in [0.15, 0.2) is 6.80 Å². The number of benzene rings is 1. The molecule has 1 aromatic carbocycles. The van der Waals surface area contributed by atoms with E-state index in [1.54, 1.807) is 11.9 Å². The average Bonchev–Trinajstić information content (AvgIpc) is 3.25. The first-order valence-electron chi connectivity index (χ1n) is 11.1. The third-order valence-electron chi connectivity index (χ3n) is 6.85. The maximum atomic E-state index is 14.9. The van der Waals surface area contributed by atoms with Gasteiger partial charge in [-0.15, -0.1) is 0 Å². The number of alkyl halides is 2. The fourth-order valence-electron chi connectivity index (χ4n) is 4.92. The lowest BCUT2D eigenvalue weighted by Crippen LogP contribution is -2.55. The highest BCUT2D eigenvalue weighted by atomic mass is 19.1. The molecule has 2 N–H and O–H groups in total. The predicted octanol–water partition coefficient (Wildman–Crippen LogP) is 3.41. The number of pyridine rings is 1. The van der Waals surface area contributed by atoms with Crippen molar-refractivity contribution >= 4 is 5.82 Å². The molecule has 2 saturated heterocycles. The number of halogens is 3. The predicted molar refractivity (Wildman–Crippen MR) is 122 cm³/mol. The number of aromatic hydroxyl groups is 1. The fraction of sp³-hybridized carbons (Fsp3) is 0.375. The highest BCUT2D eigenvalue weighted by Crippen LogP contribution is 2.36. The summed E-state index contributed by atoms with van der Waals surface area (Å²) in [5, 5.41) is 13.8. The minimum Gasteiger partial charge on any atom is -0.507 e. The lowest BCUT2D eigenvalue weighted by Gasteiger charge is -2.38. The fourth-order valence-corrected chi connectivity index (χ4v) is 4.92. The number of aromatic nitrogens is 3. The van der Waals surface area contributed by atoms with Gasteiger partial charge in [-0.2, -0.15) is 0 Å². The van der Waals surface area contributed by atoms with E-state index < -0.39 is 24.3 Å². The standard InChI is InChI=1S/C24H24F3N5O2/c1-31(20-7-14-2-3-18(30-14)24(20)27)22-11-28-19(10-29-22)16-8-17(26)15(9-21(16)33)13-4-5-32(12-25)23(34)6-13/h4-6,8-11,14,18,20,24,30,33H,2-3,7,12H2,1H3/t14?,18?,20-,24+/m0/s1. The Morgan fingerprint density at radius 3 is 2.74 bits per heavy atom. The minimum atomic E-state index is -1.01. The molecule has 2 fully saturated rings. The third-order valence-corrected chi connectivity index (χ3v) is 6.85. The molecule has 2 bridgehead atoms. The molecule has 4 heterocycles. The number of rotatable bonds is 5. The van der Waals surface area contributed by atoms with E-state index in [0.29, 0.717) is 18.3 Å². The van der Waals surface area contributed by atoms with Crippen LogP contribution in [0.15, 0.2) is 47.7 Å². The molecule has 2 aromatic heterocycles. The molecule has 2 aliphatic heterocycles. The van der Waals surface area contributed by atoms with Gasteiger partial charge in [0.2, 0.25) is 0 Å². The Labute approximate surface area is 193 Å². The summed E-state index contributed by atoms with van der Waals surface area (Å²) in [5.41, 5.74) is -0.0266. The summed E-state index contributed by atoms with van der Waals surface area (Å²) < 4.78 is 43.4. The number of phenolic OH excluding ortho intramolecular Hbond substituents is 1. The first-order valence-corrected chi connectivity index (χ1v) is 11.1. The first-order chi connectivity index (χ1) is 16.4. The summed E-state index contributed by atoms with van der Waals surface area (Å²) in [6, 6.07) is 4.67. The first kappa shape index (κ1) is 22.4. The molecule has 0 radical (unpaired) electrons. The number of phenols is 1. The second kappa shape index (κ2) is 8.75. The highest BCUT2D eigenvalue weighted by molar-refractivity contribution is 5.74. The van der Waals surface area contributed by atoms with Gasteiger partial charge in [0.1, 0.15) is 23.6 Å². The Hall–Kier alpha value is -3.40. The van der Waals surface area contributed by atoms with Gasteiger partial charge < -0.3 is 15.3 Å². The van der Waals surface area contributed by atoms with E-state index >= 15 is 0 Å². The molecule has 178 valence electrons. The van der Waals surface area contributed by atoms with Crippen molar-refractivity contribution in [3.8, 4) is 28.1 Å². The van der Waals surface area contributed by atoms with Crippen LogP contribution in [0.2, 0.25) is 0 Å². The van der Waals surface area contributed by atoms with Gasteiger partial charge in [0.25, 0.3) is 5.56 Å². The zero-order chi connectivity index (χ0) is 24.0. The van der Waals surface area contributed by atoms with Gasteiger partial charge in [-0.3, -0.25) is 14.3 Å². The Balaban J connectivity index is 1.39. The van der Waals surface area contributed by atoms with Gasteiger partial charge in [-0.25, -0.2) is 18.2 Å². The Morgan fingerprint density at radius 2 is 2.03 bits per heavy atom. The lowest BCUT2D eigenvalue weighted by molar-refractivity contribution is 0.176. The van der Waals surface area contributed by atoms with Crippen LogP contribution in [0.3, 0.4) is 0 Å². The van der Waals surface area contributed by atoms with Crippen molar-refractivity contribution in [3.63, 3.8) is 0 Å². The second-order valence-corrected chi connectivity index (χ2v) is 8.86. The van der Waals surface area contributed by atoms with Crippen LogP contribution in [0.5, 0.6) is 5.75 Å². The van der Waals surface area contributed by atoms with Crippen LogP contribution in [0.1, 0.15) is 19.3 Å². The van der Waals surface area contributed by atoms with Gasteiger partial charge in [0, 0.05) is 42.5 Å². The quantitative estimate of drug-likeness (QED) is 0.594. The third kappa shape index (κ3) is 3.91. The van der Waals surface area contributed by atoms with Gasteiger partial charge in [0.05, 0.1) is 24.1 Å². The highest BCUT2D eigenvalue weighted by Gasteiger charge is 2.43. The van der Waals surface area contributed by atoms with Crippen molar-refractivity contribution in [2.75, 3.05) is 11.9 Å². The van der Waals surface area contributed by atoms with Crippen molar-refractivity contribution in [1.82, 2.24) is 19.9 Å². The van der Waals surface area contributed by atoms with Crippen molar-refractivity contribution in [2.45, 2.75) is 50.4 Å². The number of nitrogens with one attached hydrogen (secondary N) is 1.